The zero-order valence-electron chi connectivity index (χ0n) is 12.3. The van der Waals surface area contributed by atoms with Gasteiger partial charge in [-0.3, -0.25) is 0 Å². The molecule has 0 amide bonds. The van der Waals surface area contributed by atoms with E-state index in [1.54, 1.807) is 6.20 Å². The Morgan fingerprint density at radius 2 is 2.11 bits per heavy atom. The minimum absolute atomic E-state index is 0.615. The first-order valence-corrected chi connectivity index (χ1v) is 7.12. The monoisotopic (exact) mass is 263 g/mol. The summed E-state index contributed by atoms with van der Waals surface area (Å²) in [5.74, 6) is 2.27. The Kier molecular flexibility index (Phi) is 4.96. The van der Waals surface area contributed by atoms with E-state index < -0.39 is 0 Å². The van der Waals surface area contributed by atoms with Crippen LogP contribution >= 0.6 is 0 Å². The highest BCUT2D eigenvalue weighted by Crippen LogP contribution is 2.12. The van der Waals surface area contributed by atoms with Crippen LogP contribution in [-0.2, 0) is 0 Å². The van der Waals surface area contributed by atoms with Crippen molar-refractivity contribution in [3.8, 4) is 0 Å². The largest absolute Gasteiger partial charge is 0.363 e. The summed E-state index contributed by atoms with van der Waals surface area (Å²) < 4.78 is 0. The molecule has 0 saturated carbocycles. The van der Waals surface area contributed by atoms with Gasteiger partial charge in [0.05, 0.1) is 0 Å². The summed E-state index contributed by atoms with van der Waals surface area (Å²) >= 11 is 0. The van der Waals surface area contributed by atoms with E-state index in [4.69, 9.17) is 0 Å². The predicted octanol–water partition coefficient (Wildman–Crippen LogP) is 1.69. The van der Waals surface area contributed by atoms with Crippen molar-refractivity contribution in [3.63, 3.8) is 0 Å². The fourth-order valence-electron chi connectivity index (χ4n) is 2.42. The molecule has 1 N–H and O–H groups in total. The lowest BCUT2D eigenvalue weighted by molar-refractivity contribution is 0.294. The average Bonchev–Trinajstić information content (AvgIpc) is 2.89. The Balaban J connectivity index is 1.79. The normalized spacial score (nSPS) is 17.4. The molecule has 106 valence electrons. The minimum Gasteiger partial charge on any atom is -0.363 e. The molecule has 0 radical (unpaired) electrons. The molecule has 0 aliphatic carbocycles. The Morgan fingerprint density at radius 1 is 1.37 bits per heavy atom. The van der Waals surface area contributed by atoms with Gasteiger partial charge in [0.25, 0.3) is 0 Å². The van der Waals surface area contributed by atoms with E-state index in [0.29, 0.717) is 5.92 Å². The topological polar surface area (TPSA) is 44.3 Å². The third-order valence-corrected chi connectivity index (χ3v) is 3.48. The lowest BCUT2D eigenvalue weighted by atomic mass is 10.1. The molecule has 1 saturated heterocycles. The summed E-state index contributed by atoms with van der Waals surface area (Å²) in [5.41, 5.74) is 0. The number of likely N-dealkylation sites (tertiary alicyclic amines) is 1. The summed E-state index contributed by atoms with van der Waals surface area (Å²) in [5, 5.41) is 3.34. The van der Waals surface area contributed by atoms with E-state index in [0.717, 1.165) is 18.3 Å². The first-order valence-electron chi connectivity index (χ1n) is 7.12. The molecule has 0 unspecified atom stereocenters. The van der Waals surface area contributed by atoms with Gasteiger partial charge in [0.15, 0.2) is 0 Å². The maximum absolute atomic E-state index is 4.47. The van der Waals surface area contributed by atoms with Crippen molar-refractivity contribution in [2.45, 2.75) is 19.8 Å². The van der Waals surface area contributed by atoms with Crippen molar-refractivity contribution in [1.82, 2.24) is 14.9 Å². The molecule has 19 heavy (non-hydrogen) atoms. The second kappa shape index (κ2) is 6.70. The van der Waals surface area contributed by atoms with Crippen LogP contribution in [0.1, 0.15) is 19.8 Å². The molecule has 5 heteroatoms. The lowest BCUT2D eigenvalue weighted by Crippen LogP contribution is -2.29. The third-order valence-electron chi connectivity index (χ3n) is 3.48. The first-order chi connectivity index (χ1) is 9.15. The molecule has 0 spiro atoms. The highest BCUT2D eigenvalue weighted by Gasteiger charge is 2.14. The third kappa shape index (κ3) is 4.35. The van der Waals surface area contributed by atoms with Gasteiger partial charge in [0.2, 0.25) is 5.95 Å². The Hall–Kier alpha value is -1.36. The number of aromatic nitrogens is 2. The SMILES string of the molecule is C[C@H](CNc1nccc(N(C)C)n1)CN1CCCC1. The molecule has 1 aliphatic rings. The van der Waals surface area contributed by atoms with E-state index in [1.165, 1.54) is 32.5 Å². The van der Waals surface area contributed by atoms with Crippen molar-refractivity contribution >= 4 is 11.8 Å². The zero-order chi connectivity index (χ0) is 13.7. The van der Waals surface area contributed by atoms with Crippen LogP contribution in [0.15, 0.2) is 12.3 Å². The van der Waals surface area contributed by atoms with Gasteiger partial charge in [-0.1, -0.05) is 6.92 Å². The van der Waals surface area contributed by atoms with Crippen LogP contribution in [0, 0.1) is 5.92 Å². The standard InChI is InChI=1S/C14H25N5/c1-12(11-19-8-4-5-9-19)10-16-14-15-7-6-13(17-14)18(2)3/h6-7,12H,4-5,8-11H2,1-3H3,(H,15,16,17)/t12-/m1/s1. The summed E-state index contributed by atoms with van der Waals surface area (Å²) in [6.07, 6.45) is 4.51. The lowest BCUT2D eigenvalue weighted by Gasteiger charge is -2.20. The molecule has 1 aromatic heterocycles. The molecule has 1 atom stereocenters. The summed E-state index contributed by atoms with van der Waals surface area (Å²) in [4.78, 5) is 13.3. The van der Waals surface area contributed by atoms with E-state index >= 15 is 0 Å². The van der Waals surface area contributed by atoms with Gasteiger partial charge >= 0.3 is 0 Å². The van der Waals surface area contributed by atoms with E-state index in [-0.39, 0.29) is 0 Å². The number of hydrogen-bond acceptors (Lipinski definition) is 5. The molecule has 0 aromatic carbocycles. The van der Waals surface area contributed by atoms with E-state index in [1.807, 2.05) is 25.1 Å². The molecule has 1 fully saturated rings. The Bertz CT molecular complexity index is 387. The van der Waals surface area contributed by atoms with Crippen molar-refractivity contribution in [3.05, 3.63) is 12.3 Å². The Morgan fingerprint density at radius 3 is 2.79 bits per heavy atom. The molecule has 2 heterocycles. The molecule has 5 nitrogen and oxygen atoms in total. The predicted molar refractivity (Wildman–Crippen MR) is 79.7 cm³/mol. The second-order valence-corrected chi connectivity index (χ2v) is 5.63. The van der Waals surface area contributed by atoms with Gasteiger partial charge in [-0.2, -0.15) is 4.98 Å². The molecule has 1 aliphatic heterocycles. The van der Waals surface area contributed by atoms with Gasteiger partial charge in [-0.25, -0.2) is 4.98 Å². The minimum atomic E-state index is 0.615. The molecular formula is C14H25N5. The summed E-state index contributed by atoms with van der Waals surface area (Å²) in [7, 11) is 3.98. The maximum atomic E-state index is 4.47. The van der Waals surface area contributed by atoms with Crippen molar-refractivity contribution in [2.75, 3.05) is 50.5 Å². The molecule has 2 rings (SSSR count). The van der Waals surface area contributed by atoms with Crippen LogP contribution in [0.3, 0.4) is 0 Å². The van der Waals surface area contributed by atoms with Gasteiger partial charge in [0.1, 0.15) is 5.82 Å². The number of rotatable bonds is 6. The number of nitrogens with one attached hydrogen (secondary N) is 1. The van der Waals surface area contributed by atoms with Gasteiger partial charge in [-0.15, -0.1) is 0 Å². The quantitative estimate of drug-likeness (QED) is 0.846. The molecule has 0 bridgehead atoms. The number of nitrogens with zero attached hydrogens (tertiary/aromatic N) is 4. The summed E-state index contributed by atoms with van der Waals surface area (Å²) in [6.45, 7) is 6.89. The smallest absolute Gasteiger partial charge is 0.224 e. The van der Waals surface area contributed by atoms with E-state index in [9.17, 15) is 0 Å². The van der Waals surface area contributed by atoms with Crippen LogP contribution in [0.4, 0.5) is 11.8 Å². The number of hydrogen-bond donors (Lipinski definition) is 1. The van der Waals surface area contributed by atoms with Crippen LogP contribution in [0.25, 0.3) is 0 Å². The van der Waals surface area contributed by atoms with Crippen molar-refractivity contribution < 1.29 is 0 Å². The Labute approximate surface area is 116 Å². The van der Waals surface area contributed by atoms with Crippen LogP contribution in [-0.4, -0.2) is 55.1 Å². The fourth-order valence-corrected chi connectivity index (χ4v) is 2.42. The van der Waals surface area contributed by atoms with Crippen LogP contribution in [0.5, 0.6) is 0 Å². The van der Waals surface area contributed by atoms with Crippen LogP contribution in [0.2, 0.25) is 0 Å². The van der Waals surface area contributed by atoms with Gasteiger partial charge in [-0.05, 0) is 37.9 Å². The van der Waals surface area contributed by atoms with Gasteiger partial charge < -0.3 is 15.1 Å². The zero-order valence-corrected chi connectivity index (χ0v) is 12.3. The summed E-state index contributed by atoms with van der Waals surface area (Å²) in [6, 6.07) is 1.92. The molecule has 1 aromatic rings. The highest BCUT2D eigenvalue weighted by molar-refractivity contribution is 5.40. The van der Waals surface area contributed by atoms with Crippen molar-refractivity contribution in [2.24, 2.45) is 5.92 Å². The first kappa shape index (κ1) is 14.1. The highest BCUT2D eigenvalue weighted by atomic mass is 15.2. The second-order valence-electron chi connectivity index (χ2n) is 5.63. The fraction of sp³-hybridized carbons (Fsp3) is 0.714. The van der Waals surface area contributed by atoms with Gasteiger partial charge in [0, 0.05) is 33.4 Å². The maximum Gasteiger partial charge on any atom is 0.224 e. The van der Waals surface area contributed by atoms with Crippen molar-refractivity contribution in [1.29, 1.82) is 0 Å². The average molecular weight is 263 g/mol. The molecular weight excluding hydrogens is 238 g/mol. The van der Waals surface area contributed by atoms with Crippen LogP contribution < -0.4 is 10.2 Å². The van der Waals surface area contributed by atoms with E-state index in [2.05, 4.69) is 27.1 Å². The number of anilines is 2.